The molecule has 2 aliphatic rings. The largest absolute Gasteiger partial charge is 0.350 e. The van der Waals surface area contributed by atoms with Crippen molar-refractivity contribution in [2.24, 2.45) is 5.92 Å². The molecule has 0 aliphatic carbocycles. The van der Waals surface area contributed by atoms with Crippen molar-refractivity contribution in [3.05, 3.63) is 17.8 Å². The smallest absolute Gasteiger partial charge is 0.243 e. The maximum atomic E-state index is 12.9. The fourth-order valence-corrected chi connectivity index (χ4v) is 4.49. The first kappa shape index (κ1) is 15.8. The molecule has 2 aromatic heterocycles. The van der Waals surface area contributed by atoms with Crippen LogP contribution in [0, 0.1) is 5.92 Å². The molecule has 2 N–H and O–H groups in total. The summed E-state index contributed by atoms with van der Waals surface area (Å²) in [6.45, 7) is 5.00. The number of nitrogens with one attached hydrogen (secondary N) is 2. The first-order valence-corrected chi connectivity index (χ1v) is 9.58. The van der Waals surface area contributed by atoms with Crippen molar-refractivity contribution >= 4 is 33.3 Å². The number of carbonyl (C=O) groups excluding carboxylic acids is 1. The molecule has 0 radical (unpaired) electrons. The van der Waals surface area contributed by atoms with Gasteiger partial charge in [-0.05, 0) is 43.2 Å². The lowest BCUT2D eigenvalue weighted by Crippen LogP contribution is -2.54. The summed E-state index contributed by atoms with van der Waals surface area (Å²) in [4.78, 5) is 24.8. The normalized spacial score (nSPS) is 27.5. The minimum absolute atomic E-state index is 0.128. The van der Waals surface area contributed by atoms with Crippen LogP contribution in [0.2, 0.25) is 0 Å². The van der Waals surface area contributed by atoms with Crippen LogP contribution < -0.4 is 15.5 Å². The van der Waals surface area contributed by atoms with Crippen molar-refractivity contribution in [2.45, 2.75) is 38.3 Å². The maximum Gasteiger partial charge on any atom is 0.243 e. The Kier molecular flexibility index (Phi) is 4.37. The topological polar surface area (TPSA) is 70.2 Å². The van der Waals surface area contributed by atoms with Gasteiger partial charge in [-0.3, -0.25) is 4.79 Å². The summed E-state index contributed by atoms with van der Waals surface area (Å²) in [5.41, 5.74) is 0. The summed E-state index contributed by atoms with van der Waals surface area (Å²) >= 11 is 1.61. The van der Waals surface area contributed by atoms with E-state index >= 15 is 0 Å². The van der Waals surface area contributed by atoms with Crippen molar-refractivity contribution in [3.63, 3.8) is 0 Å². The first-order chi connectivity index (χ1) is 11.7. The van der Waals surface area contributed by atoms with Gasteiger partial charge in [-0.25, -0.2) is 9.97 Å². The van der Waals surface area contributed by atoms with Crippen LogP contribution in [-0.2, 0) is 4.79 Å². The number of anilines is 1. The van der Waals surface area contributed by atoms with Crippen molar-refractivity contribution in [2.75, 3.05) is 24.5 Å². The van der Waals surface area contributed by atoms with Gasteiger partial charge in [0, 0.05) is 19.1 Å². The summed E-state index contributed by atoms with van der Waals surface area (Å²) in [5.74, 6) is 1.55. The predicted molar refractivity (Wildman–Crippen MR) is 96.4 cm³/mol. The van der Waals surface area contributed by atoms with Crippen LogP contribution in [0.25, 0.3) is 10.2 Å². The van der Waals surface area contributed by atoms with E-state index < -0.39 is 0 Å². The lowest BCUT2D eigenvalue weighted by atomic mass is 9.94. The highest BCUT2D eigenvalue weighted by Crippen LogP contribution is 2.31. The number of thiophene rings is 1. The molecule has 0 saturated carbocycles. The molecule has 0 spiro atoms. The van der Waals surface area contributed by atoms with Crippen molar-refractivity contribution in [3.8, 4) is 0 Å². The number of amides is 1. The summed E-state index contributed by atoms with van der Waals surface area (Å²) in [7, 11) is 0. The number of rotatable bonds is 3. The fourth-order valence-electron chi connectivity index (χ4n) is 3.76. The predicted octanol–water partition coefficient (Wildman–Crippen LogP) is 1.77. The molecule has 24 heavy (non-hydrogen) atoms. The van der Waals surface area contributed by atoms with Crippen LogP contribution >= 0.6 is 11.3 Å². The lowest BCUT2D eigenvalue weighted by Gasteiger charge is -2.33. The van der Waals surface area contributed by atoms with Gasteiger partial charge in [-0.15, -0.1) is 11.3 Å². The molecule has 2 aromatic rings. The first-order valence-electron chi connectivity index (χ1n) is 8.70. The summed E-state index contributed by atoms with van der Waals surface area (Å²) in [6, 6.07) is 2.15. The zero-order valence-corrected chi connectivity index (χ0v) is 14.7. The molecule has 1 amide bonds. The zero-order chi connectivity index (χ0) is 16.5. The van der Waals surface area contributed by atoms with E-state index in [0.29, 0.717) is 5.92 Å². The van der Waals surface area contributed by atoms with Crippen molar-refractivity contribution < 1.29 is 4.79 Å². The van der Waals surface area contributed by atoms with E-state index in [1.165, 1.54) is 0 Å². The Hall–Kier alpha value is -1.73. The summed E-state index contributed by atoms with van der Waals surface area (Å²) in [6.07, 6.45) is 4.62. The highest BCUT2D eigenvalue weighted by atomic mass is 32.1. The fraction of sp³-hybridized carbons (Fsp3) is 0.588. The van der Waals surface area contributed by atoms with Crippen LogP contribution in [0.15, 0.2) is 17.8 Å². The molecule has 4 rings (SSSR count). The molecule has 3 unspecified atom stereocenters. The number of carbonyl (C=O) groups is 1. The van der Waals surface area contributed by atoms with E-state index in [1.54, 1.807) is 17.7 Å². The number of hydrogen-bond acceptors (Lipinski definition) is 6. The van der Waals surface area contributed by atoms with E-state index in [0.717, 1.165) is 54.9 Å². The molecule has 4 heterocycles. The van der Waals surface area contributed by atoms with E-state index in [2.05, 4.69) is 38.5 Å². The van der Waals surface area contributed by atoms with Gasteiger partial charge in [0.15, 0.2) is 0 Å². The van der Waals surface area contributed by atoms with Crippen LogP contribution in [0.3, 0.4) is 0 Å². The molecule has 0 bridgehead atoms. The van der Waals surface area contributed by atoms with Gasteiger partial charge < -0.3 is 15.5 Å². The van der Waals surface area contributed by atoms with Crippen molar-refractivity contribution in [1.82, 2.24) is 20.6 Å². The van der Waals surface area contributed by atoms with Crippen molar-refractivity contribution in [1.29, 1.82) is 0 Å². The number of nitrogens with zero attached hydrogens (tertiary/aromatic N) is 3. The van der Waals surface area contributed by atoms with Crippen LogP contribution in [0.5, 0.6) is 0 Å². The van der Waals surface area contributed by atoms with Gasteiger partial charge in [-0.2, -0.15) is 0 Å². The molecule has 3 atom stereocenters. The SMILES string of the molecule is CC1CCNCC1NC(=O)C1CCCN1c1ncnc2sccc12. The Balaban J connectivity index is 1.54. The molecule has 128 valence electrons. The van der Waals surface area contributed by atoms with E-state index in [1.807, 2.05) is 5.38 Å². The minimum atomic E-state index is -0.128. The molecular weight excluding hydrogens is 322 g/mol. The minimum Gasteiger partial charge on any atom is -0.350 e. The molecule has 0 aromatic carbocycles. The molecule has 2 saturated heterocycles. The molecular formula is C17H23N5OS. The number of piperidine rings is 1. The monoisotopic (exact) mass is 345 g/mol. The third-order valence-electron chi connectivity index (χ3n) is 5.22. The van der Waals surface area contributed by atoms with Gasteiger partial charge in [0.2, 0.25) is 5.91 Å². The quantitative estimate of drug-likeness (QED) is 0.887. The zero-order valence-electron chi connectivity index (χ0n) is 13.9. The third-order valence-corrected chi connectivity index (χ3v) is 6.04. The second kappa shape index (κ2) is 6.64. The Bertz CT molecular complexity index is 733. The maximum absolute atomic E-state index is 12.9. The molecule has 7 heteroatoms. The Morgan fingerprint density at radius 1 is 1.42 bits per heavy atom. The Morgan fingerprint density at radius 3 is 3.21 bits per heavy atom. The highest BCUT2D eigenvalue weighted by molar-refractivity contribution is 7.16. The Morgan fingerprint density at radius 2 is 2.33 bits per heavy atom. The van der Waals surface area contributed by atoms with Gasteiger partial charge in [0.1, 0.15) is 23.0 Å². The van der Waals surface area contributed by atoms with Gasteiger partial charge >= 0.3 is 0 Å². The second-order valence-corrected chi connectivity index (χ2v) is 7.67. The van der Waals surface area contributed by atoms with Crippen LogP contribution in [-0.4, -0.2) is 47.6 Å². The van der Waals surface area contributed by atoms with Gasteiger partial charge in [-0.1, -0.05) is 6.92 Å². The van der Waals surface area contributed by atoms with E-state index in [4.69, 9.17) is 0 Å². The highest BCUT2D eigenvalue weighted by Gasteiger charge is 2.34. The standard InChI is InChI=1S/C17H23N5OS/c1-11-4-6-18-9-13(11)21-16(23)14-3-2-7-22(14)15-12-5-8-24-17(12)20-10-19-15/h5,8,10-11,13-14,18H,2-4,6-7,9H2,1H3,(H,21,23). The summed E-state index contributed by atoms with van der Waals surface area (Å²) in [5, 5.41) is 9.73. The van der Waals surface area contributed by atoms with Gasteiger partial charge in [0.25, 0.3) is 0 Å². The molecule has 2 aliphatic heterocycles. The lowest BCUT2D eigenvalue weighted by molar-refractivity contribution is -0.123. The van der Waals surface area contributed by atoms with E-state index in [-0.39, 0.29) is 18.0 Å². The molecule has 6 nitrogen and oxygen atoms in total. The Labute approximate surface area is 145 Å². The third kappa shape index (κ3) is 2.86. The van der Waals surface area contributed by atoms with Crippen LogP contribution in [0.1, 0.15) is 26.2 Å². The molecule has 2 fully saturated rings. The number of fused-ring (bicyclic) bond motifs is 1. The van der Waals surface area contributed by atoms with Gasteiger partial charge in [0.05, 0.1) is 5.39 Å². The summed E-state index contributed by atoms with van der Waals surface area (Å²) < 4.78 is 0. The second-order valence-electron chi connectivity index (χ2n) is 6.77. The van der Waals surface area contributed by atoms with E-state index in [9.17, 15) is 4.79 Å². The number of aromatic nitrogens is 2. The average molecular weight is 345 g/mol. The number of hydrogen-bond donors (Lipinski definition) is 2. The average Bonchev–Trinajstić information content (AvgIpc) is 3.25. The van der Waals surface area contributed by atoms with Crippen LogP contribution in [0.4, 0.5) is 5.82 Å².